The van der Waals surface area contributed by atoms with Gasteiger partial charge in [-0.1, -0.05) is 23.7 Å². The average molecular weight is 516 g/mol. The molecule has 1 aliphatic rings. The van der Waals surface area contributed by atoms with Gasteiger partial charge in [0.25, 0.3) is 15.9 Å². The van der Waals surface area contributed by atoms with Crippen LogP contribution in [0.25, 0.3) is 10.9 Å². The summed E-state index contributed by atoms with van der Waals surface area (Å²) in [7, 11) is -4.92. The van der Waals surface area contributed by atoms with Gasteiger partial charge >= 0.3 is 11.8 Å². The number of aromatic nitrogens is 2. The van der Waals surface area contributed by atoms with Crippen LogP contribution in [0.5, 0.6) is 0 Å². The summed E-state index contributed by atoms with van der Waals surface area (Å²) in [5.41, 5.74) is -1.09. The van der Waals surface area contributed by atoms with Gasteiger partial charge in [0.15, 0.2) is 5.82 Å². The van der Waals surface area contributed by atoms with Crippen molar-refractivity contribution in [3.63, 3.8) is 0 Å². The number of anilines is 1. The number of hydrogen-bond donors (Lipinski definition) is 0. The lowest BCUT2D eigenvalue weighted by Crippen LogP contribution is -2.38. The lowest BCUT2D eigenvalue weighted by Gasteiger charge is -2.14. The highest BCUT2D eigenvalue weighted by Gasteiger charge is 2.63. The van der Waals surface area contributed by atoms with E-state index in [0.717, 1.165) is 6.07 Å². The van der Waals surface area contributed by atoms with Crippen LogP contribution in [0.1, 0.15) is 12.5 Å². The van der Waals surface area contributed by atoms with Crippen molar-refractivity contribution in [1.29, 1.82) is 0 Å². The van der Waals surface area contributed by atoms with Crippen LogP contribution < -0.4 is 4.90 Å². The Balaban J connectivity index is 1.91. The summed E-state index contributed by atoms with van der Waals surface area (Å²) in [4.78, 5) is -0.555. The maximum atomic E-state index is 14.6. The minimum Gasteiger partial charge on any atom is -0.342 e. The van der Waals surface area contributed by atoms with Crippen LogP contribution in [0.3, 0.4) is 0 Å². The van der Waals surface area contributed by atoms with Crippen LogP contribution in [-0.4, -0.2) is 42.5 Å². The quantitative estimate of drug-likeness (QED) is 0.444. The van der Waals surface area contributed by atoms with E-state index < -0.39 is 63.0 Å². The van der Waals surface area contributed by atoms with Crippen molar-refractivity contribution in [3.05, 3.63) is 52.8 Å². The number of hydrogen-bond acceptors (Lipinski definition) is 4. The predicted molar refractivity (Wildman–Crippen MR) is 105 cm³/mol. The molecular formula is C19H13ClF7N3O2S. The maximum Gasteiger partial charge on any atom is 0.329 e. The summed E-state index contributed by atoms with van der Waals surface area (Å²) in [5.74, 6) is -14.4. The summed E-state index contributed by atoms with van der Waals surface area (Å²) in [5, 5.41) is 3.31. The van der Waals surface area contributed by atoms with Crippen LogP contribution in [-0.2, 0) is 15.9 Å². The molecule has 0 amide bonds. The molecule has 0 atom stereocenters. The van der Waals surface area contributed by atoms with E-state index in [0.29, 0.717) is 30.0 Å². The molecule has 5 nitrogen and oxygen atoms in total. The van der Waals surface area contributed by atoms with E-state index in [-0.39, 0.29) is 20.0 Å². The second-order valence-corrected chi connectivity index (χ2v) is 9.75. The van der Waals surface area contributed by atoms with E-state index in [4.69, 9.17) is 11.6 Å². The Bertz CT molecular complexity index is 1350. The molecule has 3 aromatic rings. The molecule has 0 spiro atoms. The van der Waals surface area contributed by atoms with Crippen molar-refractivity contribution in [2.24, 2.45) is 0 Å². The molecule has 0 saturated carbocycles. The van der Waals surface area contributed by atoms with Gasteiger partial charge in [-0.05, 0) is 24.3 Å². The Morgan fingerprint density at radius 3 is 2.21 bits per heavy atom. The van der Waals surface area contributed by atoms with Crippen LogP contribution in [0.4, 0.5) is 36.6 Å². The van der Waals surface area contributed by atoms with E-state index in [1.54, 1.807) is 0 Å². The van der Waals surface area contributed by atoms with Crippen LogP contribution in [0, 0.1) is 5.82 Å². The van der Waals surface area contributed by atoms with Crippen molar-refractivity contribution < 1.29 is 39.2 Å². The second-order valence-electron chi connectivity index (χ2n) is 7.60. The molecule has 1 aliphatic heterocycles. The fourth-order valence-electron chi connectivity index (χ4n) is 3.48. The minimum atomic E-state index is -4.92. The molecule has 178 valence electrons. The summed E-state index contributed by atoms with van der Waals surface area (Å²) in [6, 6.07) is 5.36. The summed E-state index contributed by atoms with van der Waals surface area (Å²) >= 11 is 6.09. The largest absolute Gasteiger partial charge is 0.342 e. The maximum absolute atomic E-state index is 14.6. The normalized spacial score (nSPS) is 18.3. The Morgan fingerprint density at radius 1 is 1.06 bits per heavy atom. The molecule has 0 unspecified atom stereocenters. The summed E-state index contributed by atoms with van der Waals surface area (Å²) in [6.45, 7) is -2.44. The molecule has 1 fully saturated rings. The first-order valence-electron chi connectivity index (χ1n) is 9.17. The first-order valence-corrected chi connectivity index (χ1v) is 11.0. The molecule has 0 radical (unpaired) electrons. The lowest BCUT2D eigenvalue weighted by atomic mass is 10.1. The van der Waals surface area contributed by atoms with Gasteiger partial charge in [-0.25, -0.2) is 13.2 Å². The predicted octanol–water partition coefficient (Wildman–Crippen LogP) is 5.27. The van der Waals surface area contributed by atoms with Crippen LogP contribution in [0.2, 0.25) is 5.02 Å². The van der Waals surface area contributed by atoms with Gasteiger partial charge in [0.1, 0.15) is 10.7 Å². The van der Waals surface area contributed by atoms with Gasteiger partial charge in [0, 0.05) is 12.5 Å². The van der Waals surface area contributed by atoms with E-state index in [1.165, 1.54) is 12.1 Å². The zero-order valence-electron chi connectivity index (χ0n) is 16.5. The SMILES string of the molecule is CC(F)(F)c1ccc(S(=O)(=O)n2nc(N3CC(F)(F)C(F)(F)C3)c3c(Cl)cccc32)c(F)c1. The lowest BCUT2D eigenvalue weighted by molar-refractivity contribution is -0.172. The van der Waals surface area contributed by atoms with Crippen molar-refractivity contribution in [2.75, 3.05) is 18.0 Å². The molecule has 2 aromatic carbocycles. The highest BCUT2D eigenvalue weighted by molar-refractivity contribution is 7.90. The van der Waals surface area contributed by atoms with E-state index >= 15 is 0 Å². The third-order valence-electron chi connectivity index (χ3n) is 5.16. The second kappa shape index (κ2) is 7.23. The molecule has 1 aromatic heterocycles. The first-order chi connectivity index (χ1) is 15.1. The number of rotatable bonds is 4. The molecule has 0 N–H and O–H groups in total. The average Bonchev–Trinajstić information content (AvgIpc) is 3.17. The Hall–Kier alpha value is -2.54. The number of alkyl halides is 6. The topological polar surface area (TPSA) is 55.2 Å². The molecule has 0 bridgehead atoms. The number of benzene rings is 2. The standard InChI is InChI=1S/C19H13ClF7N3O2S/c1-17(22,23)10-5-6-14(12(21)7-10)33(31,32)30-13-4-2-3-11(20)15(13)16(28-30)29-8-18(24,25)19(26,27)9-29/h2-7H,8-9H2,1H3. The van der Waals surface area contributed by atoms with Gasteiger partial charge in [-0.3, -0.25) is 0 Å². The first kappa shape index (κ1) is 23.6. The number of fused-ring (bicyclic) bond motifs is 1. The van der Waals surface area contributed by atoms with E-state index in [9.17, 15) is 39.2 Å². The number of nitrogens with zero attached hydrogens (tertiary/aromatic N) is 3. The molecule has 1 saturated heterocycles. The smallest absolute Gasteiger partial charge is 0.329 e. The fraction of sp³-hybridized carbons (Fsp3) is 0.316. The Morgan fingerprint density at radius 2 is 1.67 bits per heavy atom. The molecule has 33 heavy (non-hydrogen) atoms. The fourth-order valence-corrected chi connectivity index (χ4v) is 5.06. The van der Waals surface area contributed by atoms with Gasteiger partial charge in [-0.15, -0.1) is 5.10 Å². The van der Waals surface area contributed by atoms with Crippen LogP contribution in [0.15, 0.2) is 41.3 Å². The van der Waals surface area contributed by atoms with Gasteiger partial charge < -0.3 is 4.90 Å². The number of halogens is 8. The molecule has 2 heterocycles. The Labute approximate surface area is 187 Å². The van der Waals surface area contributed by atoms with Crippen molar-refractivity contribution in [3.8, 4) is 0 Å². The Kier molecular flexibility index (Phi) is 5.17. The monoisotopic (exact) mass is 515 g/mol. The molecule has 4 rings (SSSR count). The highest BCUT2D eigenvalue weighted by Crippen LogP contribution is 2.45. The van der Waals surface area contributed by atoms with Crippen LogP contribution >= 0.6 is 11.6 Å². The van der Waals surface area contributed by atoms with Crippen molar-refractivity contribution in [2.45, 2.75) is 29.6 Å². The molecular weight excluding hydrogens is 503 g/mol. The molecule has 14 heteroatoms. The molecule has 0 aliphatic carbocycles. The van der Waals surface area contributed by atoms with Gasteiger partial charge in [-0.2, -0.15) is 30.1 Å². The van der Waals surface area contributed by atoms with Crippen molar-refractivity contribution >= 4 is 38.3 Å². The van der Waals surface area contributed by atoms with E-state index in [2.05, 4.69) is 5.10 Å². The zero-order chi connectivity index (χ0) is 24.6. The minimum absolute atomic E-state index is 0.177. The zero-order valence-corrected chi connectivity index (χ0v) is 18.0. The van der Waals surface area contributed by atoms with Crippen molar-refractivity contribution in [1.82, 2.24) is 9.19 Å². The summed E-state index contributed by atoms with van der Waals surface area (Å²) < 4.78 is 123. The highest BCUT2D eigenvalue weighted by atomic mass is 35.5. The third-order valence-corrected chi connectivity index (χ3v) is 7.10. The van der Waals surface area contributed by atoms with Gasteiger partial charge in [0.2, 0.25) is 0 Å². The summed E-state index contributed by atoms with van der Waals surface area (Å²) in [6.07, 6.45) is 0. The van der Waals surface area contributed by atoms with E-state index in [1.807, 2.05) is 0 Å². The third kappa shape index (κ3) is 3.70. The van der Waals surface area contributed by atoms with Gasteiger partial charge in [0.05, 0.1) is 29.0 Å².